The van der Waals surface area contributed by atoms with Crippen LogP contribution in [-0.2, 0) is 62.6 Å². The highest BCUT2D eigenvalue weighted by atomic mass is 35.5. The maximum absolute atomic E-state index is 16.6. The maximum Gasteiger partial charge on any atom is 0.412 e. The molecule has 15 bridgehead atoms. The number of hydrogen-bond donors (Lipinski definition) is 19. The number of nitrogens with two attached hydrogens (primary N) is 2. The first kappa shape index (κ1) is 101. The van der Waals surface area contributed by atoms with E-state index in [0.29, 0.717) is 49.9 Å². The van der Waals surface area contributed by atoms with Gasteiger partial charge in [0.25, 0.3) is 0 Å². The van der Waals surface area contributed by atoms with Gasteiger partial charge in [0.1, 0.15) is 95.5 Å². The molecule has 2 saturated heterocycles. The van der Waals surface area contributed by atoms with E-state index in [9.17, 15) is 58.5 Å². The highest BCUT2D eigenvalue weighted by Crippen LogP contribution is 2.55. The molecule has 40 heteroatoms. The maximum atomic E-state index is 16.6. The monoisotopic (exact) mass is 1930 g/mol. The first-order valence-electron chi connectivity index (χ1n) is 46.4. The van der Waals surface area contributed by atoms with Gasteiger partial charge < -0.3 is 133 Å². The second-order valence-electron chi connectivity index (χ2n) is 37.6. The molecule has 6 fully saturated rings. The molecule has 7 heterocycles. The van der Waals surface area contributed by atoms with Crippen LogP contribution in [0, 0.1) is 43.4 Å². The van der Waals surface area contributed by atoms with E-state index in [1.807, 2.05) is 13.8 Å². The number of aliphatic hydroxyl groups is 6. The average molecular weight is 1930 g/mol. The van der Waals surface area contributed by atoms with Gasteiger partial charge in [-0.2, -0.15) is 0 Å². The lowest BCUT2D eigenvalue weighted by atomic mass is 9.54. The van der Waals surface area contributed by atoms with Crippen molar-refractivity contribution in [3.05, 3.63) is 147 Å². The first-order chi connectivity index (χ1) is 64.8. The Morgan fingerprint density at radius 1 is 0.669 bits per heavy atom. The number of phenols is 1. The highest BCUT2D eigenvalue weighted by Gasteiger charge is 2.54. The van der Waals surface area contributed by atoms with Gasteiger partial charge in [0, 0.05) is 36.7 Å². The number of likely N-dealkylation sites (N-methyl/N-ethyl adjacent to an activating group) is 1. The molecule has 0 unspecified atom stereocenters. The van der Waals surface area contributed by atoms with Crippen molar-refractivity contribution >= 4 is 75.0 Å². The summed E-state index contributed by atoms with van der Waals surface area (Å²) in [6.07, 6.45) is -9.83. The molecule has 736 valence electrons. The van der Waals surface area contributed by atoms with Crippen molar-refractivity contribution in [3.8, 4) is 57.1 Å². The summed E-state index contributed by atoms with van der Waals surface area (Å²) in [6.45, 7) is 11.7. The number of carbonyl (C=O) groups is 9. The minimum atomic E-state index is -3.83. The summed E-state index contributed by atoms with van der Waals surface area (Å²) in [7, 11) is -2.32. The van der Waals surface area contributed by atoms with Crippen molar-refractivity contribution in [1.29, 1.82) is 0 Å². The number of amides is 9. The third kappa shape index (κ3) is 23.2. The highest BCUT2D eigenvalue weighted by molar-refractivity contribution is 7.89. The molecule has 18 atom stereocenters. The molecule has 4 saturated carbocycles. The lowest BCUT2D eigenvalue weighted by Crippen LogP contribution is -2.64. The van der Waals surface area contributed by atoms with Crippen LogP contribution in [-0.4, -0.2) is 216 Å². The topological polar surface area (TPSA) is 576 Å². The van der Waals surface area contributed by atoms with Crippen LogP contribution in [0.5, 0.6) is 46.0 Å². The van der Waals surface area contributed by atoms with Crippen LogP contribution >= 0.6 is 11.6 Å². The van der Waals surface area contributed by atoms with Crippen molar-refractivity contribution in [2.24, 2.45) is 41.1 Å². The number of halogens is 1. The van der Waals surface area contributed by atoms with E-state index in [1.54, 1.807) is 19.1 Å². The summed E-state index contributed by atoms with van der Waals surface area (Å²) in [5, 5.41) is 108. The van der Waals surface area contributed by atoms with Crippen LogP contribution < -0.4 is 87.7 Å². The van der Waals surface area contributed by atoms with Gasteiger partial charge in [-0.25, -0.2) is 17.9 Å². The zero-order valence-corrected chi connectivity index (χ0v) is 78.4. The summed E-state index contributed by atoms with van der Waals surface area (Å²) in [5.74, 6) is -10.6. The standard InChI is InChI=1S/C96H123ClN12O26S/c1-9-10-15-28-128-57-19-21-59(22-20-57)136(126,127)102-27-14-12-11-13-26-101-95(125)130-58-31-47(5)73-60-37-51(16-23-65(60)111)75-89(120)109-79(93(124)107-77(61(73)41-58)91(122)104-74-54-33-49-32-50(35-54)36-55(74)34-49)81(114)53-18-25-67(62(97)38-53)132-69-40-56-39-68(84(69)135-94-85(83(116)82(115)70(44-110)133-94)134-72-43-96(7,99)86(117)48(6)129-72)131-66-24-17-52(30-46(66)4)80(113)78(108-87(118)63(100-8)29-45(2)3)92(123)103-64(42-71(98)112)88(119)105-76(56)90(121)106-75/h16-25,30-31,37-41,45,48-50,54-55,63-64,70,72,74-83,85-86,94,100,102,110-111,113-117H,9-15,26-29,32-36,42-44,99H2,1-8H3,(H2,98,112)(H,101,125)(H,103,123)(H,104,122)(H,105,119)(H,106,121)(H,107,124)(H,108,118)(H,109,120)/t48-,49?,50?,54?,55?,63+,64-,70+,72-,74?,75+,76+,77-,78+,79-,80+,81+,82+,83-,85+,86+,94-,96-/m0/s1. The Kier molecular flexibility index (Phi) is 32.3. The summed E-state index contributed by atoms with van der Waals surface area (Å²) in [5.41, 5.74) is 10.5. The summed E-state index contributed by atoms with van der Waals surface area (Å²) >= 11 is 7.36. The van der Waals surface area contributed by atoms with Crippen molar-refractivity contribution in [1.82, 2.24) is 52.6 Å². The number of carbonyl (C=O) groups excluding carboxylic acids is 9. The molecule has 7 aliphatic heterocycles. The van der Waals surface area contributed by atoms with Gasteiger partial charge in [0.15, 0.2) is 23.9 Å². The van der Waals surface area contributed by atoms with E-state index in [2.05, 4.69) is 59.5 Å². The number of primary amides is 1. The third-order valence-electron chi connectivity index (χ3n) is 26.8. The molecule has 21 N–H and O–H groups in total. The van der Waals surface area contributed by atoms with Crippen molar-refractivity contribution in [2.45, 2.75) is 265 Å². The van der Waals surface area contributed by atoms with Crippen LogP contribution in [0.2, 0.25) is 5.02 Å². The molecule has 17 rings (SSSR count). The molecule has 0 radical (unpaired) electrons. The Morgan fingerprint density at radius 2 is 1.32 bits per heavy atom. The number of aryl methyl sites for hydroxylation is 2. The largest absolute Gasteiger partial charge is 0.507 e. The van der Waals surface area contributed by atoms with Crippen molar-refractivity contribution in [2.75, 3.05) is 33.4 Å². The summed E-state index contributed by atoms with van der Waals surface area (Å²) < 4.78 is 80.2. The number of phenolic OH excluding ortho intramolecular Hbond substituents is 1. The summed E-state index contributed by atoms with van der Waals surface area (Å²) in [4.78, 5) is 138. The zero-order chi connectivity index (χ0) is 97.6. The lowest BCUT2D eigenvalue weighted by molar-refractivity contribution is -0.333. The molecule has 4 aliphatic carbocycles. The average Bonchev–Trinajstić information content (AvgIpc) is 0.756. The van der Waals surface area contributed by atoms with Gasteiger partial charge in [0.2, 0.25) is 69.3 Å². The van der Waals surface area contributed by atoms with Gasteiger partial charge in [-0.3, -0.25) is 38.4 Å². The Balaban J connectivity index is 0.876. The minimum Gasteiger partial charge on any atom is -0.507 e. The molecule has 6 aromatic carbocycles. The van der Waals surface area contributed by atoms with Crippen LogP contribution in [0.3, 0.4) is 0 Å². The number of rotatable bonds is 29. The molecule has 38 nitrogen and oxygen atoms in total. The second-order valence-corrected chi connectivity index (χ2v) is 39.8. The molecule has 0 spiro atoms. The fourth-order valence-corrected chi connectivity index (χ4v) is 21.2. The van der Waals surface area contributed by atoms with Crippen LogP contribution in [0.4, 0.5) is 4.79 Å². The predicted octanol–water partition coefficient (Wildman–Crippen LogP) is 5.71. The minimum absolute atomic E-state index is 0.0231. The van der Waals surface area contributed by atoms with E-state index in [0.717, 1.165) is 63.5 Å². The van der Waals surface area contributed by atoms with E-state index in [-0.39, 0.29) is 115 Å². The number of fused-ring (bicyclic) bond motifs is 15. The first-order valence-corrected chi connectivity index (χ1v) is 48.2. The number of sulfonamides is 1. The molecule has 9 amide bonds. The molecule has 11 aliphatic rings. The third-order valence-corrected chi connectivity index (χ3v) is 28.6. The van der Waals surface area contributed by atoms with Gasteiger partial charge >= 0.3 is 6.09 Å². The van der Waals surface area contributed by atoms with Gasteiger partial charge in [-0.1, -0.05) is 76.3 Å². The van der Waals surface area contributed by atoms with Gasteiger partial charge in [-0.15, -0.1) is 0 Å². The van der Waals surface area contributed by atoms with Gasteiger partial charge in [-0.05, 0) is 252 Å². The van der Waals surface area contributed by atoms with E-state index < -0.39 is 220 Å². The molecular weight excluding hydrogens is 1800 g/mol. The quantitative estimate of drug-likeness (QED) is 0.0250. The number of aromatic hydroxyl groups is 1. The predicted molar refractivity (Wildman–Crippen MR) is 491 cm³/mol. The molecule has 6 aromatic rings. The smallest absolute Gasteiger partial charge is 0.412 e. The fraction of sp³-hybridized carbons (Fsp3) is 0.531. The Bertz CT molecular complexity index is 5510. The number of unbranched alkanes of at least 4 members (excludes halogenated alkanes) is 5. The van der Waals surface area contributed by atoms with Gasteiger partial charge in [0.05, 0.1) is 47.8 Å². The number of hydrogen-bond acceptors (Lipinski definition) is 28. The molecule has 0 aromatic heterocycles. The van der Waals surface area contributed by atoms with E-state index in [4.69, 9.17) is 61.0 Å². The zero-order valence-electron chi connectivity index (χ0n) is 76.9. The molecular formula is C96H123ClN12O26S. The van der Waals surface area contributed by atoms with Crippen LogP contribution in [0.15, 0.2) is 108 Å². The number of aliphatic hydroxyl groups excluding tert-OH is 6. The SMILES string of the molecule is CCCCCOc1ccc(S(=O)(=O)NCCCCCCNC(=O)Oc2cc(C)c3c(c2)[C@@H](C(=O)NC2C4CC5CC(C4)CC2C5)NC(=O)[C@H]2NC(=O)[C@H](NC(=O)[C@@H]4NC(=O)[C@H](CC(N)=O)NC(=O)[C@H](NC(=O)[C@@H](CC(C)C)NC)[C@H](O)c5ccc(c(C)c5)Oc5cc4cc(c5O[C@@H]4O[C@H](CO)[C@@H](O)[C@H](O)[C@H]4O[C@H]4C[C@](C)(N)[C@H](O)[C@H](C)O4)Oc4ccc(cc4Cl)[C@H]2O)c2ccc(O)c-3c2)cc1. The van der Waals surface area contributed by atoms with E-state index >= 15 is 28.8 Å². The lowest BCUT2D eigenvalue weighted by Gasteiger charge is -2.54. The Hall–Kier alpha value is -10.9. The Labute approximate surface area is 792 Å². The number of ether oxygens (including phenoxy) is 8. The number of nitrogens with one attached hydrogen (secondary N) is 10. The summed E-state index contributed by atoms with van der Waals surface area (Å²) in [6, 6.07) is 8.69. The van der Waals surface area contributed by atoms with Crippen molar-refractivity contribution in [3.63, 3.8) is 0 Å². The van der Waals surface area contributed by atoms with Crippen LogP contribution in [0.25, 0.3) is 11.1 Å². The number of benzene rings is 6. The van der Waals surface area contributed by atoms with E-state index in [1.165, 1.54) is 107 Å². The normalized spacial score (nSPS) is 28.9. The fourth-order valence-electron chi connectivity index (χ4n) is 19.9. The van der Waals surface area contributed by atoms with Crippen molar-refractivity contribution < 1.29 is 125 Å². The van der Waals surface area contributed by atoms with Crippen LogP contribution in [0.1, 0.15) is 200 Å². The Morgan fingerprint density at radius 3 is 1.96 bits per heavy atom. The molecule has 136 heavy (non-hydrogen) atoms. The second kappa shape index (κ2) is 43.4.